The third-order valence-electron chi connectivity index (χ3n) is 1.82. The van der Waals surface area contributed by atoms with Crippen LogP contribution in [-0.4, -0.2) is 30.8 Å². The van der Waals surface area contributed by atoms with E-state index in [1.807, 2.05) is 0 Å². The zero-order chi connectivity index (χ0) is 10.1. The van der Waals surface area contributed by atoms with E-state index in [9.17, 15) is 9.90 Å². The predicted molar refractivity (Wildman–Crippen MR) is 45.6 cm³/mol. The van der Waals surface area contributed by atoms with E-state index in [1.54, 1.807) is 12.3 Å². The van der Waals surface area contributed by atoms with Crippen LogP contribution in [0.2, 0.25) is 0 Å². The number of aliphatic carboxylic acids is 1. The van der Waals surface area contributed by atoms with Crippen LogP contribution in [0.1, 0.15) is 11.7 Å². The lowest BCUT2D eigenvalue weighted by molar-refractivity contribution is -0.147. The van der Waals surface area contributed by atoms with Gasteiger partial charge in [0.1, 0.15) is 0 Å². The minimum absolute atomic E-state index is 0.203. The first-order valence-electron chi connectivity index (χ1n) is 3.88. The summed E-state index contributed by atoms with van der Waals surface area (Å²) in [7, 11) is 0. The van der Waals surface area contributed by atoms with E-state index in [2.05, 4.69) is 10.1 Å². The maximum absolute atomic E-state index is 10.5. The van der Waals surface area contributed by atoms with E-state index in [0.717, 1.165) is 0 Å². The lowest BCUT2D eigenvalue weighted by Gasteiger charge is -2.04. The fourth-order valence-corrected chi connectivity index (χ4v) is 1.11. The van der Waals surface area contributed by atoms with Gasteiger partial charge in [-0.3, -0.25) is 0 Å². The number of nitrogens with zero attached hydrogens (tertiary/aromatic N) is 3. The molecular formula is C8H7N3O3. The van der Waals surface area contributed by atoms with E-state index in [1.165, 1.54) is 16.9 Å². The Labute approximate surface area is 78.4 Å². The Morgan fingerprint density at radius 3 is 3.07 bits per heavy atom. The maximum atomic E-state index is 10.5. The molecule has 72 valence electrons. The van der Waals surface area contributed by atoms with E-state index in [-0.39, 0.29) is 5.56 Å². The second-order valence-electron chi connectivity index (χ2n) is 2.76. The van der Waals surface area contributed by atoms with Crippen LogP contribution in [0.25, 0.3) is 5.65 Å². The average molecular weight is 193 g/mol. The maximum Gasteiger partial charge on any atom is 0.337 e. The van der Waals surface area contributed by atoms with Gasteiger partial charge in [0.25, 0.3) is 0 Å². The molecule has 6 nitrogen and oxygen atoms in total. The molecule has 2 aromatic rings. The summed E-state index contributed by atoms with van der Waals surface area (Å²) in [6.07, 6.45) is 2.73. The lowest BCUT2D eigenvalue weighted by atomic mass is 10.2. The van der Waals surface area contributed by atoms with Crippen molar-refractivity contribution in [2.45, 2.75) is 6.10 Å². The monoisotopic (exact) mass is 193 g/mol. The topological polar surface area (TPSA) is 87.7 Å². The number of rotatable bonds is 2. The number of aliphatic hydroxyl groups is 1. The van der Waals surface area contributed by atoms with Gasteiger partial charge in [-0.1, -0.05) is 0 Å². The van der Waals surface area contributed by atoms with Gasteiger partial charge in [-0.2, -0.15) is 5.10 Å². The van der Waals surface area contributed by atoms with Crippen molar-refractivity contribution in [1.82, 2.24) is 14.6 Å². The Bertz CT molecular complexity index is 479. The number of carbonyl (C=O) groups is 1. The minimum Gasteiger partial charge on any atom is -0.479 e. The van der Waals surface area contributed by atoms with Gasteiger partial charge < -0.3 is 10.2 Å². The van der Waals surface area contributed by atoms with Crippen LogP contribution in [-0.2, 0) is 4.79 Å². The molecule has 2 N–H and O–H groups in total. The van der Waals surface area contributed by atoms with Gasteiger partial charge in [-0.15, -0.1) is 0 Å². The second kappa shape index (κ2) is 3.08. The van der Waals surface area contributed by atoms with Crippen LogP contribution < -0.4 is 0 Å². The van der Waals surface area contributed by atoms with Crippen molar-refractivity contribution < 1.29 is 15.0 Å². The predicted octanol–water partition coefficient (Wildman–Crippen LogP) is -0.153. The number of aromatic nitrogens is 3. The highest BCUT2D eigenvalue weighted by atomic mass is 16.4. The zero-order valence-corrected chi connectivity index (χ0v) is 7.03. The molecule has 0 bridgehead atoms. The molecule has 0 saturated heterocycles. The minimum atomic E-state index is -1.56. The van der Waals surface area contributed by atoms with Crippen LogP contribution in [0.15, 0.2) is 24.7 Å². The van der Waals surface area contributed by atoms with Gasteiger partial charge in [-0.05, 0) is 0 Å². The third-order valence-corrected chi connectivity index (χ3v) is 1.82. The summed E-state index contributed by atoms with van der Waals surface area (Å²) in [5.41, 5.74) is 0.806. The van der Waals surface area contributed by atoms with Crippen molar-refractivity contribution in [3.05, 3.63) is 30.2 Å². The fraction of sp³-hybridized carbons (Fsp3) is 0.125. The molecule has 2 rings (SSSR count). The second-order valence-corrected chi connectivity index (χ2v) is 2.76. The molecule has 1 unspecified atom stereocenters. The van der Waals surface area contributed by atoms with Crippen molar-refractivity contribution in [1.29, 1.82) is 0 Å². The lowest BCUT2D eigenvalue weighted by Crippen LogP contribution is -2.11. The number of aliphatic hydroxyl groups excluding tert-OH is 1. The van der Waals surface area contributed by atoms with Gasteiger partial charge in [0.15, 0.2) is 11.8 Å². The highest BCUT2D eigenvalue weighted by Crippen LogP contribution is 2.11. The van der Waals surface area contributed by atoms with Crippen molar-refractivity contribution in [2.24, 2.45) is 0 Å². The molecule has 0 radical (unpaired) electrons. The van der Waals surface area contributed by atoms with Crippen LogP contribution in [0.5, 0.6) is 0 Å². The first-order valence-corrected chi connectivity index (χ1v) is 3.88. The molecule has 0 aliphatic heterocycles. The summed E-state index contributed by atoms with van der Waals surface area (Å²) < 4.78 is 1.40. The summed E-state index contributed by atoms with van der Waals surface area (Å²) in [5.74, 6) is -1.31. The Morgan fingerprint density at radius 1 is 1.57 bits per heavy atom. The van der Waals surface area contributed by atoms with Gasteiger partial charge in [0, 0.05) is 24.0 Å². The molecule has 6 heteroatoms. The summed E-state index contributed by atoms with van der Waals surface area (Å²) in [6.45, 7) is 0. The molecule has 0 aliphatic rings. The molecule has 1 atom stereocenters. The number of hydrogen-bond acceptors (Lipinski definition) is 4. The fourth-order valence-electron chi connectivity index (χ4n) is 1.11. The SMILES string of the molecule is O=C(O)C(O)c1cnc2ccnn2c1. The third kappa shape index (κ3) is 1.31. The number of carboxylic acid groups (broad SMARTS) is 1. The highest BCUT2D eigenvalue weighted by Gasteiger charge is 2.16. The molecule has 0 amide bonds. The van der Waals surface area contributed by atoms with E-state index < -0.39 is 12.1 Å². The Hall–Kier alpha value is -1.95. The van der Waals surface area contributed by atoms with Crippen molar-refractivity contribution in [3.8, 4) is 0 Å². The van der Waals surface area contributed by atoms with Crippen LogP contribution in [0.3, 0.4) is 0 Å². The first kappa shape index (κ1) is 8.64. The smallest absolute Gasteiger partial charge is 0.337 e. The van der Waals surface area contributed by atoms with E-state index in [4.69, 9.17) is 5.11 Å². The molecule has 0 aromatic carbocycles. The molecule has 2 heterocycles. The Morgan fingerprint density at radius 2 is 2.36 bits per heavy atom. The van der Waals surface area contributed by atoms with Crippen LogP contribution in [0, 0.1) is 0 Å². The standard InChI is InChI=1S/C8H7N3O3/c12-7(8(13)14)5-3-9-6-1-2-10-11(6)4-5/h1-4,7,12H,(H,13,14). The first-order chi connectivity index (χ1) is 6.68. The van der Waals surface area contributed by atoms with Gasteiger partial charge >= 0.3 is 5.97 Å². The molecule has 0 aliphatic carbocycles. The highest BCUT2D eigenvalue weighted by molar-refractivity contribution is 5.73. The molecule has 14 heavy (non-hydrogen) atoms. The van der Waals surface area contributed by atoms with Crippen LogP contribution >= 0.6 is 0 Å². The normalized spacial score (nSPS) is 12.9. The molecule has 0 saturated carbocycles. The molecular weight excluding hydrogens is 186 g/mol. The van der Waals surface area contributed by atoms with Gasteiger partial charge in [0.2, 0.25) is 0 Å². The summed E-state index contributed by atoms with van der Waals surface area (Å²) in [5, 5.41) is 21.6. The van der Waals surface area contributed by atoms with Crippen LogP contribution in [0.4, 0.5) is 0 Å². The van der Waals surface area contributed by atoms with E-state index >= 15 is 0 Å². The quantitative estimate of drug-likeness (QED) is 0.692. The molecule has 0 fully saturated rings. The Kier molecular flexibility index (Phi) is 1.90. The van der Waals surface area contributed by atoms with Gasteiger partial charge in [0.05, 0.1) is 6.20 Å². The van der Waals surface area contributed by atoms with Crippen molar-refractivity contribution in [3.63, 3.8) is 0 Å². The van der Waals surface area contributed by atoms with Gasteiger partial charge in [-0.25, -0.2) is 14.3 Å². The van der Waals surface area contributed by atoms with Crippen molar-refractivity contribution >= 4 is 11.6 Å². The number of carboxylic acids is 1. The number of hydrogen-bond donors (Lipinski definition) is 2. The van der Waals surface area contributed by atoms with E-state index in [0.29, 0.717) is 5.65 Å². The largest absolute Gasteiger partial charge is 0.479 e. The Balaban J connectivity index is 2.48. The zero-order valence-electron chi connectivity index (χ0n) is 7.03. The summed E-state index contributed by atoms with van der Waals surface area (Å²) in [4.78, 5) is 14.4. The number of fused-ring (bicyclic) bond motifs is 1. The van der Waals surface area contributed by atoms with Crippen molar-refractivity contribution in [2.75, 3.05) is 0 Å². The molecule has 0 spiro atoms. The summed E-state index contributed by atoms with van der Waals surface area (Å²) in [6, 6.07) is 1.68. The summed E-state index contributed by atoms with van der Waals surface area (Å²) >= 11 is 0. The average Bonchev–Trinajstić information content (AvgIpc) is 2.62. The molecule has 2 aromatic heterocycles.